The Kier molecular flexibility index (Phi) is 3.09. The summed E-state index contributed by atoms with van der Waals surface area (Å²) in [5, 5.41) is 2.96. The minimum atomic E-state index is -0.485. The van der Waals surface area contributed by atoms with Crippen LogP contribution < -0.4 is 5.32 Å². The van der Waals surface area contributed by atoms with Gasteiger partial charge in [-0.25, -0.2) is 4.98 Å². The Balaban J connectivity index is 2.48. The van der Waals surface area contributed by atoms with Gasteiger partial charge in [0.2, 0.25) is 5.95 Å². The lowest BCUT2D eigenvalue weighted by molar-refractivity contribution is 0.584. The van der Waals surface area contributed by atoms with Gasteiger partial charge in [-0.3, -0.25) is 0 Å². The van der Waals surface area contributed by atoms with Crippen LogP contribution in [0.15, 0.2) is 18.3 Å². The lowest BCUT2D eigenvalue weighted by Gasteiger charge is -2.02. The standard InChI is InChI=1S/C9H9FN2/c1-2-3-5-11-8-4-6-12-9(10)7-8/h1,4,6-7H,3,5H2,(H,11,12). The largest absolute Gasteiger partial charge is 0.384 e. The average molecular weight is 164 g/mol. The maximum Gasteiger partial charge on any atom is 0.214 e. The third kappa shape index (κ3) is 2.59. The third-order valence-electron chi connectivity index (χ3n) is 1.33. The highest BCUT2D eigenvalue weighted by molar-refractivity contribution is 5.41. The first kappa shape index (κ1) is 8.54. The molecule has 0 aliphatic rings. The summed E-state index contributed by atoms with van der Waals surface area (Å²) >= 11 is 0. The van der Waals surface area contributed by atoms with Crippen molar-refractivity contribution in [1.82, 2.24) is 4.98 Å². The molecule has 0 unspecified atom stereocenters. The summed E-state index contributed by atoms with van der Waals surface area (Å²) in [4.78, 5) is 3.42. The SMILES string of the molecule is C#CCCNc1ccnc(F)c1. The first-order valence-electron chi connectivity index (χ1n) is 3.62. The van der Waals surface area contributed by atoms with Crippen LogP contribution in [0.25, 0.3) is 0 Å². The van der Waals surface area contributed by atoms with E-state index in [9.17, 15) is 4.39 Å². The summed E-state index contributed by atoms with van der Waals surface area (Å²) in [6.45, 7) is 0.653. The topological polar surface area (TPSA) is 24.9 Å². The molecule has 0 saturated heterocycles. The van der Waals surface area contributed by atoms with E-state index in [1.165, 1.54) is 12.3 Å². The molecule has 0 fully saturated rings. The minimum absolute atomic E-state index is 0.485. The predicted molar refractivity (Wildman–Crippen MR) is 46.1 cm³/mol. The fourth-order valence-electron chi connectivity index (χ4n) is 0.791. The van der Waals surface area contributed by atoms with Crippen molar-refractivity contribution in [2.24, 2.45) is 0 Å². The normalized spacial score (nSPS) is 9.00. The molecule has 0 aliphatic carbocycles. The van der Waals surface area contributed by atoms with Crippen LogP contribution in [0.2, 0.25) is 0 Å². The van der Waals surface area contributed by atoms with Crippen molar-refractivity contribution in [2.75, 3.05) is 11.9 Å². The quantitative estimate of drug-likeness (QED) is 0.417. The Morgan fingerprint density at radius 3 is 3.17 bits per heavy atom. The van der Waals surface area contributed by atoms with Crippen LogP contribution in [-0.4, -0.2) is 11.5 Å². The highest BCUT2D eigenvalue weighted by atomic mass is 19.1. The first-order valence-corrected chi connectivity index (χ1v) is 3.62. The Morgan fingerprint density at radius 1 is 1.67 bits per heavy atom. The van der Waals surface area contributed by atoms with Gasteiger partial charge in [-0.2, -0.15) is 4.39 Å². The summed E-state index contributed by atoms with van der Waals surface area (Å²) in [5.74, 6) is 2.00. The summed E-state index contributed by atoms with van der Waals surface area (Å²) in [6, 6.07) is 3.02. The zero-order chi connectivity index (χ0) is 8.81. The maximum absolute atomic E-state index is 12.5. The van der Waals surface area contributed by atoms with Gasteiger partial charge >= 0.3 is 0 Å². The van der Waals surface area contributed by atoms with Gasteiger partial charge in [-0.15, -0.1) is 12.3 Å². The van der Waals surface area contributed by atoms with Crippen molar-refractivity contribution >= 4 is 5.69 Å². The maximum atomic E-state index is 12.5. The van der Waals surface area contributed by atoms with Crippen molar-refractivity contribution in [2.45, 2.75) is 6.42 Å². The molecule has 0 atom stereocenters. The molecule has 0 aromatic carbocycles. The Bertz CT molecular complexity index is 291. The van der Waals surface area contributed by atoms with E-state index in [0.29, 0.717) is 18.7 Å². The lowest BCUT2D eigenvalue weighted by Crippen LogP contribution is -2.00. The highest BCUT2D eigenvalue weighted by Gasteiger charge is 1.93. The molecule has 12 heavy (non-hydrogen) atoms. The molecule has 1 aromatic heterocycles. The molecular formula is C9H9FN2. The fourth-order valence-corrected chi connectivity index (χ4v) is 0.791. The van der Waals surface area contributed by atoms with Gasteiger partial charge in [0.1, 0.15) is 0 Å². The zero-order valence-corrected chi connectivity index (χ0v) is 6.55. The molecule has 0 amide bonds. The molecule has 1 rings (SSSR count). The second-order valence-electron chi connectivity index (χ2n) is 2.25. The van der Waals surface area contributed by atoms with Gasteiger partial charge in [0.15, 0.2) is 0 Å². The number of aromatic nitrogens is 1. The van der Waals surface area contributed by atoms with E-state index < -0.39 is 5.95 Å². The van der Waals surface area contributed by atoms with Crippen molar-refractivity contribution in [1.29, 1.82) is 0 Å². The van der Waals surface area contributed by atoms with E-state index in [1.807, 2.05) is 0 Å². The number of rotatable bonds is 3. The number of hydrogen-bond acceptors (Lipinski definition) is 2. The molecule has 2 nitrogen and oxygen atoms in total. The second-order valence-corrected chi connectivity index (χ2v) is 2.25. The van der Waals surface area contributed by atoms with E-state index in [4.69, 9.17) is 6.42 Å². The van der Waals surface area contributed by atoms with E-state index in [-0.39, 0.29) is 0 Å². The van der Waals surface area contributed by atoms with Gasteiger partial charge in [-0.1, -0.05) is 0 Å². The van der Waals surface area contributed by atoms with Crippen molar-refractivity contribution in [3.05, 3.63) is 24.3 Å². The van der Waals surface area contributed by atoms with Crippen LogP contribution in [0.4, 0.5) is 10.1 Å². The molecular weight excluding hydrogens is 155 g/mol. The molecule has 1 aromatic rings. The number of terminal acetylenes is 1. The van der Waals surface area contributed by atoms with Crippen molar-refractivity contribution in [3.63, 3.8) is 0 Å². The average Bonchev–Trinajstić information content (AvgIpc) is 2.05. The molecule has 3 heteroatoms. The number of pyridine rings is 1. The summed E-state index contributed by atoms with van der Waals surface area (Å²) in [7, 11) is 0. The molecule has 0 spiro atoms. The van der Waals surface area contributed by atoms with Crippen LogP contribution in [0.3, 0.4) is 0 Å². The molecule has 0 radical (unpaired) electrons. The van der Waals surface area contributed by atoms with E-state index in [0.717, 1.165) is 0 Å². The summed E-state index contributed by atoms with van der Waals surface area (Å²) in [5.41, 5.74) is 0.706. The monoisotopic (exact) mass is 164 g/mol. The van der Waals surface area contributed by atoms with Crippen LogP contribution in [-0.2, 0) is 0 Å². The van der Waals surface area contributed by atoms with Gasteiger partial charge < -0.3 is 5.32 Å². The van der Waals surface area contributed by atoms with Gasteiger partial charge in [0, 0.05) is 30.9 Å². The fraction of sp³-hybridized carbons (Fsp3) is 0.222. The molecule has 1 N–H and O–H groups in total. The van der Waals surface area contributed by atoms with Crippen LogP contribution in [0, 0.1) is 18.3 Å². The van der Waals surface area contributed by atoms with Gasteiger partial charge in [0.05, 0.1) is 0 Å². The Labute approximate surface area is 70.8 Å². The van der Waals surface area contributed by atoms with Crippen LogP contribution in [0.5, 0.6) is 0 Å². The second kappa shape index (κ2) is 4.35. The first-order chi connectivity index (χ1) is 5.83. The number of anilines is 1. The number of nitrogens with zero attached hydrogens (tertiary/aromatic N) is 1. The van der Waals surface area contributed by atoms with Gasteiger partial charge in [0.25, 0.3) is 0 Å². The minimum Gasteiger partial charge on any atom is -0.384 e. The smallest absolute Gasteiger partial charge is 0.214 e. The Morgan fingerprint density at radius 2 is 2.50 bits per heavy atom. The number of nitrogens with one attached hydrogen (secondary N) is 1. The Hall–Kier alpha value is -1.56. The molecule has 0 aliphatic heterocycles. The third-order valence-corrected chi connectivity index (χ3v) is 1.33. The lowest BCUT2D eigenvalue weighted by atomic mass is 10.3. The van der Waals surface area contributed by atoms with Crippen molar-refractivity contribution < 1.29 is 4.39 Å². The number of hydrogen-bond donors (Lipinski definition) is 1. The molecule has 0 bridgehead atoms. The number of halogens is 1. The predicted octanol–water partition coefficient (Wildman–Crippen LogP) is 1.66. The van der Waals surface area contributed by atoms with Crippen molar-refractivity contribution in [3.8, 4) is 12.3 Å². The van der Waals surface area contributed by atoms with E-state index in [2.05, 4.69) is 16.2 Å². The summed E-state index contributed by atoms with van der Waals surface area (Å²) in [6.07, 6.45) is 7.09. The van der Waals surface area contributed by atoms with Crippen LogP contribution >= 0.6 is 0 Å². The summed E-state index contributed by atoms with van der Waals surface area (Å²) < 4.78 is 12.5. The van der Waals surface area contributed by atoms with Gasteiger partial charge in [-0.05, 0) is 6.07 Å². The van der Waals surface area contributed by atoms with E-state index in [1.54, 1.807) is 6.07 Å². The molecule has 1 heterocycles. The zero-order valence-electron chi connectivity index (χ0n) is 6.55. The molecule has 62 valence electrons. The van der Waals surface area contributed by atoms with Crippen LogP contribution in [0.1, 0.15) is 6.42 Å². The highest BCUT2D eigenvalue weighted by Crippen LogP contribution is 2.05. The van der Waals surface area contributed by atoms with E-state index >= 15 is 0 Å². The molecule has 0 saturated carbocycles.